The van der Waals surface area contributed by atoms with E-state index in [4.69, 9.17) is 4.74 Å². The summed E-state index contributed by atoms with van der Waals surface area (Å²) >= 11 is 0. The zero-order valence-electron chi connectivity index (χ0n) is 18.2. The van der Waals surface area contributed by atoms with Gasteiger partial charge < -0.3 is 10.1 Å². The molecule has 1 saturated heterocycles. The zero-order chi connectivity index (χ0) is 23.3. The van der Waals surface area contributed by atoms with Gasteiger partial charge in [0.15, 0.2) is 0 Å². The molecule has 1 atom stereocenters. The lowest BCUT2D eigenvalue weighted by atomic mass is 9.96. The molecule has 0 spiro atoms. The van der Waals surface area contributed by atoms with Gasteiger partial charge in [-0.25, -0.2) is 17.2 Å². The van der Waals surface area contributed by atoms with Gasteiger partial charge in [0.25, 0.3) is 0 Å². The molecule has 32 heavy (non-hydrogen) atoms. The van der Waals surface area contributed by atoms with Gasteiger partial charge in [0.2, 0.25) is 15.9 Å². The second kappa shape index (κ2) is 10.4. The van der Waals surface area contributed by atoms with Gasteiger partial charge in [0.1, 0.15) is 17.4 Å². The molecule has 2 aromatic carbocycles. The molecule has 1 aliphatic rings. The van der Waals surface area contributed by atoms with Crippen LogP contribution in [-0.2, 0) is 21.2 Å². The Kier molecular flexibility index (Phi) is 7.84. The minimum atomic E-state index is -3.65. The third-order valence-electron chi connectivity index (χ3n) is 5.56. The maximum atomic E-state index is 13.8. The molecule has 2 aromatic rings. The summed E-state index contributed by atoms with van der Waals surface area (Å²) < 4.78 is 60.2. The molecule has 0 radical (unpaired) electrons. The van der Waals surface area contributed by atoms with E-state index in [1.165, 1.54) is 34.6 Å². The molecule has 0 saturated carbocycles. The van der Waals surface area contributed by atoms with Crippen LogP contribution < -0.4 is 10.1 Å². The number of halogens is 2. The van der Waals surface area contributed by atoms with E-state index in [1.807, 2.05) is 6.92 Å². The lowest BCUT2D eigenvalue weighted by molar-refractivity contribution is -0.126. The van der Waals surface area contributed by atoms with Crippen LogP contribution in [0.4, 0.5) is 8.78 Å². The first-order valence-corrected chi connectivity index (χ1v) is 12.1. The normalized spacial score (nSPS) is 16.5. The monoisotopic (exact) mass is 466 g/mol. The van der Waals surface area contributed by atoms with Crippen molar-refractivity contribution in [1.29, 1.82) is 0 Å². The Bertz CT molecular complexity index is 1020. The van der Waals surface area contributed by atoms with Gasteiger partial charge in [-0.2, -0.15) is 4.31 Å². The molecule has 1 amide bonds. The molecule has 1 N–H and O–H groups in total. The quantitative estimate of drug-likeness (QED) is 0.646. The van der Waals surface area contributed by atoms with E-state index in [0.717, 1.165) is 0 Å². The van der Waals surface area contributed by atoms with Crippen LogP contribution in [0.2, 0.25) is 0 Å². The van der Waals surface area contributed by atoms with Crippen LogP contribution in [0.5, 0.6) is 5.75 Å². The molecule has 1 fully saturated rings. The fourth-order valence-corrected chi connectivity index (χ4v) is 5.30. The van der Waals surface area contributed by atoms with E-state index in [0.29, 0.717) is 25.2 Å². The van der Waals surface area contributed by atoms with E-state index >= 15 is 0 Å². The fraction of sp³-hybridized carbons (Fsp3) is 0.435. The average Bonchev–Trinajstić information content (AvgIpc) is 2.77. The van der Waals surface area contributed by atoms with Gasteiger partial charge in [-0.1, -0.05) is 6.07 Å². The minimum Gasteiger partial charge on any atom is -0.494 e. The van der Waals surface area contributed by atoms with E-state index < -0.39 is 27.7 Å². The molecule has 6 nitrogen and oxygen atoms in total. The third-order valence-corrected chi connectivity index (χ3v) is 7.47. The predicted octanol–water partition coefficient (Wildman–Crippen LogP) is 3.51. The Morgan fingerprint density at radius 2 is 1.72 bits per heavy atom. The molecule has 0 aliphatic carbocycles. The Labute approximate surface area is 187 Å². The van der Waals surface area contributed by atoms with Crippen molar-refractivity contribution in [3.63, 3.8) is 0 Å². The van der Waals surface area contributed by atoms with Crippen LogP contribution in [0.1, 0.15) is 32.3 Å². The maximum absolute atomic E-state index is 13.8. The Morgan fingerprint density at radius 3 is 2.28 bits per heavy atom. The molecule has 3 rings (SSSR count). The fourth-order valence-electron chi connectivity index (χ4n) is 3.83. The second-order valence-electron chi connectivity index (χ2n) is 7.90. The number of nitrogens with one attached hydrogen (secondary N) is 1. The number of carbonyl (C=O) groups is 1. The molecule has 1 heterocycles. The standard InChI is InChI=1S/C23H28F2N2O4S/c1-3-31-18-7-9-19(10-8-18)32(29,30)27-13-11-17(12-14-27)23(28)26-16(2)15-20-21(24)5-4-6-22(20)25/h4-10,16-17H,3,11-15H2,1-2H3,(H,26,28). The number of hydrogen-bond donors (Lipinski definition) is 1. The molecule has 174 valence electrons. The predicted molar refractivity (Wildman–Crippen MR) is 117 cm³/mol. The number of sulfonamides is 1. The lowest BCUT2D eigenvalue weighted by Crippen LogP contribution is -2.45. The number of piperidine rings is 1. The molecular formula is C23H28F2N2O4S. The first-order valence-electron chi connectivity index (χ1n) is 10.7. The van der Waals surface area contributed by atoms with Gasteiger partial charge in [0.05, 0.1) is 11.5 Å². The summed E-state index contributed by atoms with van der Waals surface area (Å²) in [6.45, 7) is 4.49. The third kappa shape index (κ3) is 5.63. The van der Waals surface area contributed by atoms with Crippen molar-refractivity contribution in [3.05, 3.63) is 59.7 Å². The average molecular weight is 467 g/mol. The first kappa shape index (κ1) is 24.1. The van der Waals surface area contributed by atoms with E-state index in [9.17, 15) is 22.0 Å². The maximum Gasteiger partial charge on any atom is 0.243 e. The van der Waals surface area contributed by atoms with Crippen LogP contribution in [0, 0.1) is 17.6 Å². The van der Waals surface area contributed by atoms with Crippen LogP contribution in [0.3, 0.4) is 0 Å². The van der Waals surface area contributed by atoms with Gasteiger partial charge in [-0.3, -0.25) is 4.79 Å². The highest BCUT2D eigenvalue weighted by molar-refractivity contribution is 7.89. The van der Waals surface area contributed by atoms with Crippen molar-refractivity contribution >= 4 is 15.9 Å². The molecule has 9 heteroatoms. The molecule has 0 aromatic heterocycles. The highest BCUT2D eigenvalue weighted by atomic mass is 32.2. The summed E-state index contributed by atoms with van der Waals surface area (Å²) in [5.74, 6) is -1.26. The Hall–Kier alpha value is -2.52. The largest absolute Gasteiger partial charge is 0.494 e. The highest BCUT2D eigenvalue weighted by Crippen LogP contribution is 2.25. The summed E-state index contributed by atoms with van der Waals surface area (Å²) in [6.07, 6.45) is 0.793. The summed E-state index contributed by atoms with van der Waals surface area (Å²) in [5, 5.41) is 2.80. The smallest absolute Gasteiger partial charge is 0.243 e. The van der Waals surface area contributed by atoms with Gasteiger partial charge in [-0.15, -0.1) is 0 Å². The number of ether oxygens (including phenoxy) is 1. The second-order valence-corrected chi connectivity index (χ2v) is 9.83. The van der Waals surface area contributed by atoms with Gasteiger partial charge in [-0.05, 0) is 69.5 Å². The van der Waals surface area contributed by atoms with E-state index in [2.05, 4.69) is 5.32 Å². The number of carbonyl (C=O) groups excluding carboxylic acids is 1. The van der Waals surface area contributed by atoms with Crippen molar-refractivity contribution in [1.82, 2.24) is 9.62 Å². The summed E-state index contributed by atoms with van der Waals surface area (Å²) in [7, 11) is -3.65. The number of rotatable bonds is 8. The lowest BCUT2D eigenvalue weighted by Gasteiger charge is -2.31. The molecule has 0 bridgehead atoms. The van der Waals surface area contributed by atoms with Crippen molar-refractivity contribution in [2.75, 3.05) is 19.7 Å². The minimum absolute atomic E-state index is 0.0369. The topological polar surface area (TPSA) is 75.7 Å². The van der Waals surface area contributed by atoms with Crippen LogP contribution in [-0.4, -0.2) is 44.4 Å². The summed E-state index contributed by atoms with van der Waals surface area (Å²) in [5.41, 5.74) is -0.0587. The number of benzene rings is 2. The van der Waals surface area contributed by atoms with Crippen LogP contribution in [0.15, 0.2) is 47.4 Å². The highest BCUT2D eigenvalue weighted by Gasteiger charge is 2.32. The molecule has 1 unspecified atom stereocenters. The Balaban J connectivity index is 1.54. The first-order chi connectivity index (χ1) is 15.2. The summed E-state index contributed by atoms with van der Waals surface area (Å²) in [4.78, 5) is 12.8. The van der Waals surface area contributed by atoms with Crippen molar-refractivity contribution in [3.8, 4) is 5.75 Å². The Morgan fingerprint density at radius 1 is 1.12 bits per heavy atom. The van der Waals surface area contributed by atoms with Gasteiger partial charge >= 0.3 is 0 Å². The SMILES string of the molecule is CCOc1ccc(S(=O)(=O)N2CCC(C(=O)NC(C)Cc3c(F)cccc3F)CC2)cc1. The number of nitrogens with zero attached hydrogens (tertiary/aromatic N) is 1. The molecular weight excluding hydrogens is 438 g/mol. The van der Waals surface area contributed by atoms with Crippen molar-refractivity contribution < 1.29 is 26.7 Å². The number of hydrogen-bond acceptors (Lipinski definition) is 4. The van der Waals surface area contributed by atoms with Crippen LogP contribution >= 0.6 is 0 Å². The zero-order valence-corrected chi connectivity index (χ0v) is 19.0. The van der Waals surface area contributed by atoms with Crippen molar-refractivity contribution in [2.24, 2.45) is 5.92 Å². The number of amides is 1. The van der Waals surface area contributed by atoms with Crippen LogP contribution in [0.25, 0.3) is 0 Å². The van der Waals surface area contributed by atoms with E-state index in [1.54, 1.807) is 19.1 Å². The molecule has 1 aliphatic heterocycles. The van der Waals surface area contributed by atoms with E-state index in [-0.39, 0.29) is 41.8 Å². The van der Waals surface area contributed by atoms with Gasteiger partial charge in [0, 0.05) is 30.6 Å². The van der Waals surface area contributed by atoms with Crippen molar-refractivity contribution in [2.45, 2.75) is 44.0 Å². The summed E-state index contributed by atoms with van der Waals surface area (Å²) in [6, 6.07) is 9.49.